The summed E-state index contributed by atoms with van der Waals surface area (Å²) in [5.41, 5.74) is -0.540. The van der Waals surface area contributed by atoms with Crippen LogP contribution in [0, 0.1) is 10.1 Å². The Kier molecular flexibility index (Phi) is 6.76. The maximum absolute atomic E-state index is 13.3. The van der Waals surface area contributed by atoms with E-state index >= 15 is 0 Å². The highest BCUT2D eigenvalue weighted by Gasteiger charge is 2.37. The Morgan fingerprint density at radius 2 is 2.00 bits per heavy atom. The van der Waals surface area contributed by atoms with Crippen molar-refractivity contribution in [3.05, 3.63) is 71.3 Å². The van der Waals surface area contributed by atoms with Gasteiger partial charge in [-0.15, -0.1) is 0 Å². The van der Waals surface area contributed by atoms with Gasteiger partial charge in [0.15, 0.2) is 4.90 Å². The zero-order valence-corrected chi connectivity index (χ0v) is 16.4. The third-order valence-corrected chi connectivity index (χ3v) is 5.98. The van der Waals surface area contributed by atoms with E-state index in [-0.39, 0.29) is 12.3 Å². The molecule has 1 unspecified atom stereocenters. The molecule has 10 heteroatoms. The lowest BCUT2D eigenvalue weighted by Crippen LogP contribution is -2.42. The van der Waals surface area contributed by atoms with Gasteiger partial charge in [-0.25, -0.2) is 8.42 Å². The first-order valence-corrected chi connectivity index (χ1v) is 9.83. The number of para-hydroxylation sites is 1. The summed E-state index contributed by atoms with van der Waals surface area (Å²) in [7, 11) is -4.50. The van der Waals surface area contributed by atoms with Gasteiger partial charge in [-0.05, 0) is 36.7 Å². The fraction of sp³-hybridized carbons (Fsp3) is 0.167. The molecule has 8 nitrogen and oxygen atoms in total. The minimum Gasteiger partial charge on any atom is -0.489 e. The Balaban J connectivity index is 2.66. The Labute approximate surface area is 167 Å². The first kappa shape index (κ1) is 21.4. The molecule has 148 valence electrons. The lowest BCUT2D eigenvalue weighted by Gasteiger charge is -2.28. The molecular weight excluding hydrogens is 408 g/mol. The maximum Gasteiger partial charge on any atom is 0.289 e. The number of sulfonamides is 1. The quantitative estimate of drug-likeness (QED) is 0.264. The van der Waals surface area contributed by atoms with E-state index in [1.54, 1.807) is 6.07 Å². The first-order chi connectivity index (χ1) is 13.2. The number of nitro groups is 1. The van der Waals surface area contributed by atoms with Gasteiger partial charge in [0.1, 0.15) is 18.4 Å². The molecule has 0 N–H and O–H groups in total. The largest absolute Gasteiger partial charge is 0.489 e. The highest BCUT2D eigenvalue weighted by Crippen LogP contribution is 2.33. The summed E-state index contributed by atoms with van der Waals surface area (Å²) >= 11 is 5.57. The number of rotatable bonds is 9. The van der Waals surface area contributed by atoms with E-state index in [2.05, 4.69) is 6.58 Å². The number of carbonyl (C=O) groups is 1. The number of carbonyl (C=O) groups excluding carboxylic acids is 1. The molecule has 0 aromatic heterocycles. The number of halogens is 1. The molecule has 2 aromatic carbocycles. The summed E-state index contributed by atoms with van der Waals surface area (Å²) < 4.78 is 32.7. The topological polar surface area (TPSA) is 107 Å². The third-order valence-electron chi connectivity index (χ3n) is 3.72. The number of benzene rings is 2. The van der Waals surface area contributed by atoms with E-state index in [1.165, 1.54) is 43.3 Å². The second-order valence-corrected chi connectivity index (χ2v) is 7.76. The Morgan fingerprint density at radius 1 is 1.32 bits per heavy atom. The Morgan fingerprint density at radius 3 is 2.61 bits per heavy atom. The van der Waals surface area contributed by atoms with Crippen molar-refractivity contribution in [2.24, 2.45) is 0 Å². The van der Waals surface area contributed by atoms with Crippen LogP contribution >= 0.6 is 11.6 Å². The lowest BCUT2D eigenvalue weighted by atomic mass is 10.2. The predicted octanol–water partition coefficient (Wildman–Crippen LogP) is 3.51. The van der Waals surface area contributed by atoms with Crippen LogP contribution in [0.4, 0.5) is 11.4 Å². The van der Waals surface area contributed by atoms with Crippen molar-refractivity contribution in [3.8, 4) is 5.75 Å². The summed E-state index contributed by atoms with van der Waals surface area (Å²) in [4.78, 5) is 21.7. The average molecular weight is 425 g/mol. The first-order valence-electron chi connectivity index (χ1n) is 8.01. The maximum atomic E-state index is 13.3. The van der Waals surface area contributed by atoms with E-state index in [0.717, 1.165) is 16.4 Å². The van der Waals surface area contributed by atoms with Gasteiger partial charge >= 0.3 is 0 Å². The number of hydrogen-bond acceptors (Lipinski definition) is 6. The monoisotopic (exact) mass is 424 g/mol. The summed E-state index contributed by atoms with van der Waals surface area (Å²) in [5, 5.41) is 10.4. The van der Waals surface area contributed by atoms with Gasteiger partial charge in [0.2, 0.25) is 5.24 Å². The van der Waals surface area contributed by atoms with Gasteiger partial charge in [0.05, 0.1) is 10.6 Å². The van der Waals surface area contributed by atoms with Gasteiger partial charge in [0.25, 0.3) is 15.7 Å². The summed E-state index contributed by atoms with van der Waals surface area (Å²) in [5.74, 6) is 0.328. The molecule has 0 saturated carbocycles. The van der Waals surface area contributed by atoms with Gasteiger partial charge in [0, 0.05) is 12.1 Å². The summed E-state index contributed by atoms with van der Waals surface area (Å²) in [6.45, 7) is 5.01. The summed E-state index contributed by atoms with van der Waals surface area (Å²) in [6.07, 6.45) is 1.51. The zero-order chi connectivity index (χ0) is 20.9. The fourth-order valence-electron chi connectivity index (χ4n) is 2.46. The molecule has 0 fully saturated rings. The normalized spacial score (nSPS) is 12.1. The van der Waals surface area contributed by atoms with Crippen LogP contribution in [0.25, 0.3) is 0 Å². The minimum absolute atomic E-state index is 0.0706. The number of anilines is 1. The van der Waals surface area contributed by atoms with Crippen LogP contribution in [-0.2, 0) is 14.8 Å². The van der Waals surface area contributed by atoms with Crippen molar-refractivity contribution < 1.29 is 22.9 Å². The third kappa shape index (κ3) is 4.49. The number of nitrogens with zero attached hydrogens (tertiary/aromatic N) is 2. The zero-order valence-electron chi connectivity index (χ0n) is 14.8. The van der Waals surface area contributed by atoms with Crippen LogP contribution in [0.15, 0.2) is 66.1 Å². The lowest BCUT2D eigenvalue weighted by molar-refractivity contribution is -0.387. The summed E-state index contributed by atoms with van der Waals surface area (Å²) in [6, 6.07) is 9.51. The van der Waals surface area contributed by atoms with Crippen LogP contribution in [-0.4, -0.2) is 31.2 Å². The molecule has 0 heterocycles. The average Bonchev–Trinajstić information content (AvgIpc) is 2.66. The fourth-order valence-corrected chi connectivity index (χ4v) is 4.39. The molecule has 0 radical (unpaired) electrons. The molecule has 1 atom stereocenters. The molecule has 0 spiro atoms. The molecule has 0 aliphatic carbocycles. The minimum atomic E-state index is -4.50. The van der Waals surface area contributed by atoms with E-state index in [4.69, 9.17) is 16.3 Å². The number of nitro benzene ring substituents is 1. The number of ether oxygens (including phenoxy) is 1. The molecule has 0 bridgehead atoms. The van der Waals surface area contributed by atoms with Crippen molar-refractivity contribution in [2.45, 2.75) is 17.9 Å². The standard InChI is InChI=1S/C18H17ClN2O6S/c1-3-11-27-15-8-6-7-14(12-15)20(13(2)18(19)22)28(25,26)17-10-5-4-9-16(17)21(23)24/h3-10,12-13H,1,11H2,2H3. The Bertz CT molecular complexity index is 1010. The predicted molar refractivity (Wildman–Crippen MR) is 105 cm³/mol. The second kappa shape index (κ2) is 8.85. The smallest absolute Gasteiger partial charge is 0.289 e. The van der Waals surface area contributed by atoms with Gasteiger partial charge in [-0.1, -0.05) is 30.9 Å². The van der Waals surface area contributed by atoms with Crippen LogP contribution in [0.1, 0.15) is 6.92 Å². The highest BCUT2D eigenvalue weighted by atomic mass is 35.5. The highest BCUT2D eigenvalue weighted by molar-refractivity contribution is 7.93. The van der Waals surface area contributed by atoms with Crippen LogP contribution in [0.5, 0.6) is 5.75 Å². The van der Waals surface area contributed by atoms with Crippen LogP contribution < -0.4 is 9.04 Å². The molecule has 2 aromatic rings. The molecule has 0 aliphatic heterocycles. The second-order valence-electron chi connectivity index (χ2n) is 5.60. The number of hydrogen-bond donors (Lipinski definition) is 0. The molecule has 0 aliphatic rings. The Hall–Kier alpha value is -2.91. The van der Waals surface area contributed by atoms with Crippen molar-refractivity contribution in [1.82, 2.24) is 0 Å². The van der Waals surface area contributed by atoms with Crippen molar-refractivity contribution >= 4 is 38.2 Å². The molecule has 28 heavy (non-hydrogen) atoms. The van der Waals surface area contributed by atoms with Crippen molar-refractivity contribution in [3.63, 3.8) is 0 Å². The van der Waals surface area contributed by atoms with Crippen LogP contribution in [0.3, 0.4) is 0 Å². The van der Waals surface area contributed by atoms with E-state index in [9.17, 15) is 23.3 Å². The molecule has 0 amide bonds. The van der Waals surface area contributed by atoms with Gasteiger partial charge < -0.3 is 4.74 Å². The molecular formula is C18H17ClN2O6S. The van der Waals surface area contributed by atoms with Gasteiger partial charge in [-0.2, -0.15) is 0 Å². The molecule has 2 rings (SSSR count). The van der Waals surface area contributed by atoms with Crippen molar-refractivity contribution in [2.75, 3.05) is 10.9 Å². The van der Waals surface area contributed by atoms with Gasteiger partial charge in [-0.3, -0.25) is 19.2 Å². The molecule has 0 saturated heterocycles. The van der Waals surface area contributed by atoms with E-state index < -0.39 is 36.8 Å². The van der Waals surface area contributed by atoms with Crippen LogP contribution in [0.2, 0.25) is 0 Å². The van der Waals surface area contributed by atoms with E-state index in [1.807, 2.05) is 0 Å². The van der Waals surface area contributed by atoms with E-state index in [0.29, 0.717) is 5.75 Å². The SMILES string of the molecule is C=CCOc1cccc(N(C(C)C(=O)Cl)S(=O)(=O)c2ccccc2[N+](=O)[O-])c1. The van der Waals surface area contributed by atoms with Crippen molar-refractivity contribution in [1.29, 1.82) is 0 Å².